The number of nitro groups is 1. The summed E-state index contributed by atoms with van der Waals surface area (Å²) in [6, 6.07) is 4.31. The number of nitro benzene ring substituents is 1. The summed E-state index contributed by atoms with van der Waals surface area (Å²) < 4.78 is 5.17. The topological polar surface area (TPSA) is 92.9 Å². The SMILES string of the molecule is CCCN(CC(=O)O)Cc1cc([N+](=O)[O-])ccc1OC.Cl. The van der Waals surface area contributed by atoms with Crippen LogP contribution in [0.15, 0.2) is 18.2 Å². The summed E-state index contributed by atoms with van der Waals surface area (Å²) in [6.07, 6.45) is 0.796. The molecular weight excluding hydrogens is 300 g/mol. The number of hydrogen-bond donors (Lipinski definition) is 1. The van der Waals surface area contributed by atoms with Gasteiger partial charge in [0.05, 0.1) is 18.6 Å². The number of ether oxygens (including phenoxy) is 1. The van der Waals surface area contributed by atoms with Gasteiger partial charge in [-0.05, 0) is 19.0 Å². The summed E-state index contributed by atoms with van der Waals surface area (Å²) in [5, 5.41) is 19.7. The fourth-order valence-electron chi connectivity index (χ4n) is 1.96. The minimum absolute atomic E-state index is 0. The molecule has 0 saturated carbocycles. The van der Waals surface area contributed by atoms with Crippen LogP contribution in [0, 0.1) is 10.1 Å². The van der Waals surface area contributed by atoms with Crippen molar-refractivity contribution in [2.45, 2.75) is 19.9 Å². The molecule has 0 spiro atoms. The number of hydrogen-bond acceptors (Lipinski definition) is 5. The van der Waals surface area contributed by atoms with Crippen LogP contribution in [0.25, 0.3) is 0 Å². The Labute approximate surface area is 129 Å². The van der Waals surface area contributed by atoms with Crippen molar-refractivity contribution in [3.63, 3.8) is 0 Å². The molecule has 1 N–H and O–H groups in total. The minimum Gasteiger partial charge on any atom is -0.496 e. The van der Waals surface area contributed by atoms with Crippen molar-refractivity contribution in [2.24, 2.45) is 0 Å². The highest BCUT2D eigenvalue weighted by Gasteiger charge is 2.16. The molecule has 0 aromatic heterocycles. The first-order valence-corrected chi connectivity index (χ1v) is 6.23. The predicted molar refractivity (Wildman–Crippen MR) is 80.1 cm³/mol. The molecule has 0 fully saturated rings. The van der Waals surface area contributed by atoms with Gasteiger partial charge in [-0.1, -0.05) is 6.92 Å². The van der Waals surface area contributed by atoms with Gasteiger partial charge in [-0.25, -0.2) is 0 Å². The van der Waals surface area contributed by atoms with E-state index in [1.54, 1.807) is 4.90 Å². The second-order valence-electron chi connectivity index (χ2n) is 4.36. The normalized spacial score (nSPS) is 10.0. The van der Waals surface area contributed by atoms with Gasteiger partial charge in [-0.15, -0.1) is 12.4 Å². The first-order chi connectivity index (χ1) is 9.47. The zero-order valence-electron chi connectivity index (χ0n) is 11.9. The third kappa shape index (κ3) is 5.97. The highest BCUT2D eigenvalue weighted by atomic mass is 35.5. The van der Waals surface area contributed by atoms with Gasteiger partial charge in [0.15, 0.2) is 0 Å². The quantitative estimate of drug-likeness (QED) is 0.584. The van der Waals surface area contributed by atoms with Gasteiger partial charge in [0.1, 0.15) is 5.75 Å². The Morgan fingerprint density at radius 3 is 2.62 bits per heavy atom. The molecule has 21 heavy (non-hydrogen) atoms. The van der Waals surface area contributed by atoms with E-state index in [1.165, 1.54) is 25.3 Å². The van der Waals surface area contributed by atoms with Gasteiger partial charge in [-0.2, -0.15) is 0 Å². The Balaban J connectivity index is 0.00000400. The van der Waals surface area contributed by atoms with E-state index in [9.17, 15) is 14.9 Å². The molecule has 0 amide bonds. The minimum atomic E-state index is -0.928. The third-order valence-electron chi connectivity index (χ3n) is 2.77. The van der Waals surface area contributed by atoms with Gasteiger partial charge in [0.25, 0.3) is 5.69 Å². The molecule has 0 atom stereocenters. The van der Waals surface area contributed by atoms with Crippen LogP contribution in [0.5, 0.6) is 5.75 Å². The number of non-ortho nitro benzene ring substituents is 1. The van der Waals surface area contributed by atoms with Crippen molar-refractivity contribution in [1.82, 2.24) is 4.90 Å². The van der Waals surface area contributed by atoms with Gasteiger partial charge < -0.3 is 9.84 Å². The number of rotatable bonds is 8. The number of carboxylic acid groups (broad SMARTS) is 1. The van der Waals surface area contributed by atoms with Crippen LogP contribution in [0.3, 0.4) is 0 Å². The lowest BCUT2D eigenvalue weighted by atomic mass is 10.1. The number of methoxy groups -OCH3 is 1. The molecule has 8 heteroatoms. The Bertz CT molecular complexity index is 495. The fourth-order valence-corrected chi connectivity index (χ4v) is 1.96. The van der Waals surface area contributed by atoms with E-state index < -0.39 is 10.9 Å². The maximum atomic E-state index is 10.8. The number of aliphatic carboxylic acids is 1. The van der Waals surface area contributed by atoms with Crippen LogP contribution in [0.1, 0.15) is 18.9 Å². The molecule has 0 radical (unpaired) electrons. The number of benzene rings is 1. The second kappa shape index (κ2) is 9.15. The van der Waals surface area contributed by atoms with E-state index in [4.69, 9.17) is 9.84 Å². The number of nitrogens with zero attached hydrogens (tertiary/aromatic N) is 2. The Hall–Kier alpha value is -1.86. The van der Waals surface area contributed by atoms with Crippen molar-refractivity contribution in [2.75, 3.05) is 20.2 Å². The first-order valence-electron chi connectivity index (χ1n) is 6.23. The van der Waals surface area contributed by atoms with Crippen molar-refractivity contribution >= 4 is 24.1 Å². The molecule has 0 aliphatic carbocycles. The van der Waals surface area contributed by atoms with Crippen molar-refractivity contribution in [1.29, 1.82) is 0 Å². The number of carboxylic acids is 1. The molecule has 118 valence electrons. The van der Waals surface area contributed by atoms with Crippen LogP contribution in [0.4, 0.5) is 5.69 Å². The van der Waals surface area contributed by atoms with Crippen LogP contribution in [-0.2, 0) is 11.3 Å². The number of halogens is 1. The molecule has 0 saturated heterocycles. The highest BCUT2D eigenvalue weighted by molar-refractivity contribution is 5.85. The van der Waals surface area contributed by atoms with Crippen molar-refractivity contribution in [3.8, 4) is 5.75 Å². The summed E-state index contributed by atoms with van der Waals surface area (Å²) in [5.74, 6) is -0.412. The smallest absolute Gasteiger partial charge is 0.317 e. The highest BCUT2D eigenvalue weighted by Crippen LogP contribution is 2.25. The first kappa shape index (κ1) is 19.1. The summed E-state index contributed by atoms with van der Waals surface area (Å²) in [6.45, 7) is 2.72. The van der Waals surface area contributed by atoms with Crippen molar-refractivity contribution in [3.05, 3.63) is 33.9 Å². The summed E-state index contributed by atoms with van der Waals surface area (Å²) >= 11 is 0. The van der Waals surface area contributed by atoms with Gasteiger partial charge in [0.2, 0.25) is 0 Å². The molecule has 0 aliphatic heterocycles. The van der Waals surface area contributed by atoms with E-state index in [2.05, 4.69) is 0 Å². The van der Waals surface area contributed by atoms with E-state index >= 15 is 0 Å². The Morgan fingerprint density at radius 2 is 2.14 bits per heavy atom. The molecule has 0 unspecified atom stereocenters. The zero-order chi connectivity index (χ0) is 15.1. The molecule has 0 bridgehead atoms. The van der Waals surface area contributed by atoms with E-state index in [-0.39, 0.29) is 24.6 Å². The van der Waals surface area contributed by atoms with Crippen LogP contribution < -0.4 is 4.74 Å². The van der Waals surface area contributed by atoms with E-state index in [0.29, 0.717) is 24.4 Å². The predicted octanol–water partition coefficient (Wildman–Crippen LogP) is 2.32. The zero-order valence-corrected chi connectivity index (χ0v) is 12.8. The summed E-state index contributed by atoms with van der Waals surface area (Å²) in [7, 11) is 1.48. The summed E-state index contributed by atoms with van der Waals surface area (Å²) in [4.78, 5) is 22.9. The summed E-state index contributed by atoms with van der Waals surface area (Å²) in [5.41, 5.74) is 0.573. The monoisotopic (exact) mass is 318 g/mol. The van der Waals surface area contributed by atoms with Crippen LogP contribution in [-0.4, -0.2) is 41.1 Å². The Morgan fingerprint density at radius 1 is 1.48 bits per heavy atom. The van der Waals surface area contributed by atoms with Gasteiger partial charge >= 0.3 is 5.97 Å². The van der Waals surface area contributed by atoms with Crippen molar-refractivity contribution < 1.29 is 19.6 Å². The van der Waals surface area contributed by atoms with E-state index in [0.717, 1.165) is 6.42 Å². The van der Waals surface area contributed by atoms with Crippen LogP contribution >= 0.6 is 12.4 Å². The van der Waals surface area contributed by atoms with Gasteiger partial charge in [-0.3, -0.25) is 19.8 Å². The third-order valence-corrected chi connectivity index (χ3v) is 2.77. The molecular formula is C13H19ClN2O5. The lowest BCUT2D eigenvalue weighted by molar-refractivity contribution is -0.384. The maximum Gasteiger partial charge on any atom is 0.317 e. The molecule has 0 aliphatic rings. The molecule has 0 heterocycles. The maximum absolute atomic E-state index is 10.8. The standard InChI is InChI=1S/C13H18N2O5.ClH/c1-3-6-14(9-13(16)17)8-10-7-11(15(18)19)4-5-12(10)20-2;/h4-5,7H,3,6,8-9H2,1-2H3,(H,16,17);1H. The Kier molecular flexibility index (Phi) is 8.34. The molecule has 7 nitrogen and oxygen atoms in total. The molecule has 1 aromatic carbocycles. The lowest BCUT2D eigenvalue weighted by Crippen LogP contribution is -2.30. The average molecular weight is 319 g/mol. The second-order valence-corrected chi connectivity index (χ2v) is 4.36. The van der Waals surface area contributed by atoms with E-state index in [1.807, 2.05) is 6.92 Å². The molecule has 1 rings (SSSR count). The van der Waals surface area contributed by atoms with Crippen LogP contribution in [0.2, 0.25) is 0 Å². The molecule has 1 aromatic rings. The lowest BCUT2D eigenvalue weighted by Gasteiger charge is -2.20. The largest absolute Gasteiger partial charge is 0.496 e. The average Bonchev–Trinajstić information content (AvgIpc) is 2.38. The van der Waals surface area contributed by atoms with Gasteiger partial charge in [0, 0.05) is 24.2 Å². The fraction of sp³-hybridized carbons (Fsp3) is 0.462. The number of carbonyl (C=O) groups is 1.